The van der Waals surface area contributed by atoms with Gasteiger partial charge in [0.25, 0.3) is 11.6 Å². The Kier molecular flexibility index (Phi) is 6.52. The number of amides is 1. The van der Waals surface area contributed by atoms with Crippen molar-refractivity contribution in [2.24, 2.45) is 5.10 Å². The van der Waals surface area contributed by atoms with E-state index in [0.717, 1.165) is 4.47 Å². The molecule has 0 atom stereocenters. The molecule has 1 aromatic heterocycles. The lowest BCUT2D eigenvalue weighted by Crippen LogP contribution is -2.24. The van der Waals surface area contributed by atoms with E-state index in [0.29, 0.717) is 20.7 Å². The number of rotatable bonds is 6. The van der Waals surface area contributed by atoms with E-state index >= 15 is 0 Å². The smallest absolute Gasteiger partial charge is 0.277 e. The van der Waals surface area contributed by atoms with Gasteiger partial charge in [-0.25, -0.2) is 5.43 Å². The fourth-order valence-corrected chi connectivity index (χ4v) is 2.58. The highest BCUT2D eigenvalue weighted by molar-refractivity contribution is 9.13. The molecular formula is C13H8Br3N3O5. The summed E-state index contributed by atoms with van der Waals surface area (Å²) in [7, 11) is 0. The number of benzene rings is 1. The summed E-state index contributed by atoms with van der Waals surface area (Å²) in [5.41, 5.74) is 2.19. The summed E-state index contributed by atoms with van der Waals surface area (Å²) in [6.45, 7) is -0.306. The SMILES string of the molecule is O=C(COc1ccc([N+](=O)[O-])cc1Br)NN=Cc1cc(Br)c(Br)o1. The average Bonchev–Trinajstić information content (AvgIpc) is 2.84. The van der Waals surface area contributed by atoms with Crippen LogP contribution >= 0.6 is 47.8 Å². The number of furan rings is 1. The van der Waals surface area contributed by atoms with Gasteiger partial charge in [0, 0.05) is 18.2 Å². The molecule has 126 valence electrons. The maximum Gasteiger partial charge on any atom is 0.277 e. The lowest BCUT2D eigenvalue weighted by molar-refractivity contribution is -0.384. The van der Waals surface area contributed by atoms with Crippen LogP contribution < -0.4 is 10.2 Å². The maximum absolute atomic E-state index is 11.6. The molecule has 11 heteroatoms. The number of hydrogen-bond acceptors (Lipinski definition) is 6. The maximum atomic E-state index is 11.6. The van der Waals surface area contributed by atoms with Crippen molar-refractivity contribution < 1.29 is 18.9 Å². The van der Waals surface area contributed by atoms with Gasteiger partial charge in [-0.2, -0.15) is 5.10 Å². The zero-order valence-electron chi connectivity index (χ0n) is 11.7. The summed E-state index contributed by atoms with van der Waals surface area (Å²) < 4.78 is 12.1. The number of nitrogens with one attached hydrogen (secondary N) is 1. The molecule has 0 radical (unpaired) electrons. The van der Waals surface area contributed by atoms with Gasteiger partial charge in [-0.05, 0) is 53.9 Å². The van der Waals surface area contributed by atoms with Crippen LogP contribution in [0.15, 0.2) is 47.4 Å². The molecule has 24 heavy (non-hydrogen) atoms. The second-order valence-corrected chi connectivity index (χ2v) is 6.65. The Morgan fingerprint density at radius 1 is 1.33 bits per heavy atom. The van der Waals surface area contributed by atoms with Gasteiger partial charge in [0.1, 0.15) is 11.5 Å². The first-order valence-corrected chi connectivity index (χ1v) is 8.58. The number of nitro benzene ring substituents is 1. The van der Waals surface area contributed by atoms with Crippen molar-refractivity contribution in [3.05, 3.63) is 53.8 Å². The molecule has 0 aliphatic heterocycles. The van der Waals surface area contributed by atoms with Gasteiger partial charge in [0.2, 0.25) is 0 Å². The molecule has 0 saturated heterocycles. The largest absolute Gasteiger partial charge is 0.483 e. The molecule has 0 aliphatic rings. The molecule has 2 aromatic rings. The average molecular weight is 526 g/mol. The number of halogens is 3. The summed E-state index contributed by atoms with van der Waals surface area (Å²) >= 11 is 9.58. The molecule has 0 bridgehead atoms. The predicted molar refractivity (Wildman–Crippen MR) is 96.1 cm³/mol. The Bertz CT molecular complexity index is 787. The van der Waals surface area contributed by atoms with E-state index in [1.165, 1.54) is 24.4 Å². The van der Waals surface area contributed by atoms with Gasteiger partial charge in [-0.3, -0.25) is 14.9 Å². The monoisotopic (exact) mass is 523 g/mol. The molecule has 8 nitrogen and oxygen atoms in total. The van der Waals surface area contributed by atoms with E-state index in [-0.39, 0.29) is 12.3 Å². The van der Waals surface area contributed by atoms with Crippen molar-refractivity contribution in [3.8, 4) is 5.75 Å². The van der Waals surface area contributed by atoms with Crippen molar-refractivity contribution in [2.45, 2.75) is 0 Å². The van der Waals surface area contributed by atoms with Crippen LogP contribution in [0.3, 0.4) is 0 Å². The van der Waals surface area contributed by atoms with Gasteiger partial charge in [-0.1, -0.05) is 0 Å². The minimum atomic E-state index is -0.526. The van der Waals surface area contributed by atoms with Crippen LogP contribution in [0.5, 0.6) is 5.75 Å². The van der Waals surface area contributed by atoms with Gasteiger partial charge < -0.3 is 9.15 Å². The highest BCUT2D eigenvalue weighted by Gasteiger charge is 2.11. The van der Waals surface area contributed by atoms with Crippen LogP contribution in [0.1, 0.15) is 5.76 Å². The highest BCUT2D eigenvalue weighted by Crippen LogP contribution is 2.29. The molecule has 0 unspecified atom stereocenters. The zero-order chi connectivity index (χ0) is 17.7. The lowest BCUT2D eigenvalue weighted by atomic mass is 10.3. The van der Waals surface area contributed by atoms with Gasteiger partial charge in [0.05, 0.1) is 20.1 Å². The van der Waals surface area contributed by atoms with E-state index in [9.17, 15) is 14.9 Å². The molecule has 0 saturated carbocycles. The number of hydrazone groups is 1. The van der Waals surface area contributed by atoms with Crippen molar-refractivity contribution in [2.75, 3.05) is 6.61 Å². The summed E-state index contributed by atoms with van der Waals surface area (Å²) in [5, 5.41) is 14.4. The molecule has 0 aliphatic carbocycles. The third-order valence-electron chi connectivity index (χ3n) is 2.53. The molecule has 2 rings (SSSR count). The number of carbonyl (C=O) groups excluding carboxylic acids is 1. The summed E-state index contributed by atoms with van der Waals surface area (Å²) in [4.78, 5) is 21.8. The number of hydrogen-bond donors (Lipinski definition) is 1. The standard InChI is InChI=1S/C13H8Br3N3O5/c14-9-3-7(19(21)22)1-2-11(9)23-6-12(20)18-17-5-8-4-10(15)13(16)24-8/h1-5H,6H2,(H,18,20). The van der Waals surface area contributed by atoms with Crippen molar-refractivity contribution in [3.63, 3.8) is 0 Å². The summed E-state index contributed by atoms with van der Waals surface area (Å²) in [5.74, 6) is 0.243. The number of nitro groups is 1. The first-order chi connectivity index (χ1) is 11.4. The van der Waals surface area contributed by atoms with Gasteiger partial charge >= 0.3 is 0 Å². The van der Waals surface area contributed by atoms with Crippen LogP contribution in [0, 0.1) is 10.1 Å². The zero-order valence-corrected chi connectivity index (χ0v) is 16.4. The topological polar surface area (TPSA) is 107 Å². The number of ether oxygens (including phenoxy) is 1. The van der Waals surface area contributed by atoms with Crippen molar-refractivity contribution in [1.29, 1.82) is 0 Å². The van der Waals surface area contributed by atoms with Crippen molar-refractivity contribution in [1.82, 2.24) is 5.43 Å². The minimum Gasteiger partial charge on any atom is -0.483 e. The van der Waals surface area contributed by atoms with E-state index in [4.69, 9.17) is 9.15 Å². The molecule has 1 amide bonds. The molecular weight excluding hydrogens is 518 g/mol. The first-order valence-electron chi connectivity index (χ1n) is 6.20. The molecule has 0 spiro atoms. The number of non-ortho nitro benzene ring substituents is 1. The molecule has 1 aromatic carbocycles. The minimum absolute atomic E-state index is 0.0842. The highest BCUT2D eigenvalue weighted by atomic mass is 79.9. The fourth-order valence-electron chi connectivity index (χ4n) is 1.49. The third kappa shape index (κ3) is 5.14. The fraction of sp³-hybridized carbons (Fsp3) is 0.0769. The van der Waals surface area contributed by atoms with Crippen LogP contribution in [0.4, 0.5) is 5.69 Å². The Labute approximate surface area is 160 Å². The Morgan fingerprint density at radius 3 is 2.67 bits per heavy atom. The molecule has 1 heterocycles. The van der Waals surface area contributed by atoms with Crippen LogP contribution in [-0.2, 0) is 4.79 Å². The van der Waals surface area contributed by atoms with Crippen molar-refractivity contribution >= 4 is 65.6 Å². The van der Waals surface area contributed by atoms with E-state index in [2.05, 4.69) is 58.3 Å². The van der Waals surface area contributed by atoms with E-state index < -0.39 is 10.8 Å². The Hall–Kier alpha value is -1.72. The van der Waals surface area contributed by atoms with Crippen LogP contribution in [0.25, 0.3) is 0 Å². The second kappa shape index (κ2) is 8.40. The first kappa shape index (κ1) is 18.6. The van der Waals surface area contributed by atoms with E-state index in [1.807, 2.05) is 0 Å². The molecule has 1 N–H and O–H groups in total. The second-order valence-electron chi connectivity index (χ2n) is 4.22. The van der Waals surface area contributed by atoms with E-state index in [1.54, 1.807) is 6.07 Å². The quantitative estimate of drug-likeness (QED) is 0.348. The summed E-state index contributed by atoms with van der Waals surface area (Å²) in [6, 6.07) is 5.64. The van der Waals surface area contributed by atoms with Gasteiger partial charge in [-0.15, -0.1) is 0 Å². The number of carbonyl (C=O) groups is 1. The third-order valence-corrected chi connectivity index (χ3v) is 4.86. The lowest BCUT2D eigenvalue weighted by Gasteiger charge is -2.06. The number of nitrogens with zero attached hydrogens (tertiary/aromatic N) is 2. The predicted octanol–water partition coefficient (Wildman–Crippen LogP) is 4.00. The Morgan fingerprint density at radius 2 is 2.08 bits per heavy atom. The van der Waals surface area contributed by atoms with Gasteiger partial charge in [0.15, 0.2) is 11.3 Å². The molecule has 0 fully saturated rings. The van der Waals surface area contributed by atoms with Crippen LogP contribution in [0.2, 0.25) is 0 Å². The van der Waals surface area contributed by atoms with Crippen LogP contribution in [-0.4, -0.2) is 23.7 Å². The Balaban J connectivity index is 1.86. The normalized spacial score (nSPS) is 10.8. The summed E-state index contributed by atoms with van der Waals surface area (Å²) in [6.07, 6.45) is 1.33.